The number of fused-ring (bicyclic) bond motifs is 1. The van der Waals surface area contributed by atoms with Crippen LogP contribution < -0.4 is 0 Å². The number of esters is 1. The highest BCUT2D eigenvalue weighted by molar-refractivity contribution is 5.97. The number of ether oxygens (including phenoxy) is 1. The Morgan fingerprint density at radius 2 is 1.85 bits per heavy atom. The van der Waals surface area contributed by atoms with Crippen molar-refractivity contribution in [3.05, 3.63) is 47.1 Å². The zero-order chi connectivity index (χ0) is 20.1. The molecule has 0 saturated carbocycles. The van der Waals surface area contributed by atoms with Crippen molar-refractivity contribution in [1.29, 1.82) is 0 Å². The van der Waals surface area contributed by atoms with E-state index in [1.807, 2.05) is 6.92 Å². The number of aryl methyl sites for hydroxylation is 1. The van der Waals surface area contributed by atoms with Crippen LogP contribution in [0, 0.1) is 5.92 Å². The summed E-state index contributed by atoms with van der Waals surface area (Å²) in [6.07, 6.45) is 3.15. The molecule has 146 valence electrons. The first-order valence-corrected chi connectivity index (χ1v) is 9.06. The Kier molecular flexibility index (Phi) is 6.93. The van der Waals surface area contributed by atoms with Crippen LogP contribution in [0.3, 0.4) is 0 Å². The molecule has 0 amide bonds. The van der Waals surface area contributed by atoms with Crippen LogP contribution in [-0.2, 0) is 16.0 Å². The van der Waals surface area contributed by atoms with Gasteiger partial charge < -0.3 is 20.1 Å². The normalized spacial score (nSPS) is 29.4. The SMILES string of the molecule is CCc1cc(O)c2c(c1)/C=C/C[C@H](O)[C@H](O)C(=O)/C=C\[C@@H](C)[C@H](C)OC2=O. The third-order valence-electron chi connectivity index (χ3n) is 4.75. The number of rotatable bonds is 1. The zero-order valence-corrected chi connectivity index (χ0v) is 15.8. The lowest BCUT2D eigenvalue weighted by Crippen LogP contribution is -2.32. The van der Waals surface area contributed by atoms with E-state index in [0.29, 0.717) is 12.0 Å². The van der Waals surface area contributed by atoms with Gasteiger partial charge >= 0.3 is 5.97 Å². The van der Waals surface area contributed by atoms with Crippen LogP contribution in [0.2, 0.25) is 0 Å². The van der Waals surface area contributed by atoms with E-state index in [9.17, 15) is 24.9 Å². The molecule has 6 heteroatoms. The van der Waals surface area contributed by atoms with E-state index in [4.69, 9.17) is 4.74 Å². The summed E-state index contributed by atoms with van der Waals surface area (Å²) < 4.78 is 5.46. The van der Waals surface area contributed by atoms with E-state index in [0.717, 1.165) is 5.56 Å². The largest absolute Gasteiger partial charge is 0.507 e. The zero-order valence-electron chi connectivity index (χ0n) is 15.8. The molecule has 1 aliphatic heterocycles. The number of ketones is 1. The van der Waals surface area contributed by atoms with Crippen LogP contribution in [0.15, 0.2) is 30.4 Å². The Hall–Kier alpha value is -2.44. The van der Waals surface area contributed by atoms with E-state index in [-0.39, 0.29) is 23.7 Å². The van der Waals surface area contributed by atoms with Crippen LogP contribution in [0.1, 0.15) is 48.7 Å². The molecule has 0 aliphatic carbocycles. The number of aliphatic hydroxyl groups excluding tert-OH is 2. The maximum absolute atomic E-state index is 12.6. The Bertz CT molecular complexity index is 764. The molecule has 0 aromatic heterocycles. The van der Waals surface area contributed by atoms with Crippen molar-refractivity contribution in [2.24, 2.45) is 5.92 Å². The average molecular weight is 374 g/mol. The van der Waals surface area contributed by atoms with E-state index in [2.05, 4.69) is 0 Å². The third kappa shape index (κ3) is 5.05. The molecule has 4 atom stereocenters. The number of carbonyl (C=O) groups excluding carboxylic acids is 2. The van der Waals surface area contributed by atoms with Crippen molar-refractivity contribution in [1.82, 2.24) is 0 Å². The first-order chi connectivity index (χ1) is 12.7. The smallest absolute Gasteiger partial charge is 0.342 e. The van der Waals surface area contributed by atoms with Gasteiger partial charge in [-0.1, -0.05) is 38.1 Å². The van der Waals surface area contributed by atoms with Gasteiger partial charge in [-0.2, -0.15) is 0 Å². The number of carbonyl (C=O) groups is 2. The lowest BCUT2D eigenvalue weighted by molar-refractivity contribution is -0.127. The minimum atomic E-state index is -1.53. The van der Waals surface area contributed by atoms with Crippen molar-refractivity contribution in [3.63, 3.8) is 0 Å². The van der Waals surface area contributed by atoms with Gasteiger partial charge in [0.05, 0.1) is 6.10 Å². The summed E-state index contributed by atoms with van der Waals surface area (Å²) in [4.78, 5) is 24.6. The van der Waals surface area contributed by atoms with Crippen LogP contribution in [0.25, 0.3) is 6.08 Å². The first kappa shape index (κ1) is 20.9. The predicted octanol–water partition coefficient (Wildman–Crippen LogP) is 2.40. The molecule has 1 aromatic rings. The molecule has 3 N–H and O–H groups in total. The highest BCUT2D eigenvalue weighted by atomic mass is 16.5. The quantitative estimate of drug-likeness (QED) is 0.652. The van der Waals surface area contributed by atoms with Crippen molar-refractivity contribution in [2.45, 2.75) is 51.9 Å². The maximum Gasteiger partial charge on any atom is 0.342 e. The lowest BCUT2D eigenvalue weighted by atomic mass is 9.98. The predicted molar refractivity (Wildman–Crippen MR) is 101 cm³/mol. The van der Waals surface area contributed by atoms with Gasteiger partial charge in [0.15, 0.2) is 5.78 Å². The number of phenols is 1. The van der Waals surface area contributed by atoms with Crippen LogP contribution in [-0.4, -0.2) is 45.4 Å². The first-order valence-electron chi connectivity index (χ1n) is 9.06. The van der Waals surface area contributed by atoms with Crippen molar-refractivity contribution >= 4 is 17.8 Å². The van der Waals surface area contributed by atoms with Gasteiger partial charge in [0.2, 0.25) is 0 Å². The molecule has 0 spiro atoms. The Morgan fingerprint density at radius 1 is 1.15 bits per heavy atom. The molecule has 6 nitrogen and oxygen atoms in total. The third-order valence-corrected chi connectivity index (χ3v) is 4.75. The number of benzene rings is 1. The molecular formula is C21H26O6. The van der Waals surface area contributed by atoms with Gasteiger partial charge in [0.1, 0.15) is 23.5 Å². The van der Waals surface area contributed by atoms with E-state index >= 15 is 0 Å². The summed E-state index contributed by atoms with van der Waals surface area (Å²) in [5.74, 6) is -1.74. The summed E-state index contributed by atoms with van der Waals surface area (Å²) in [5.41, 5.74) is 1.34. The summed E-state index contributed by atoms with van der Waals surface area (Å²) in [7, 11) is 0. The summed E-state index contributed by atoms with van der Waals surface area (Å²) in [5, 5.41) is 30.3. The molecule has 0 saturated heterocycles. The van der Waals surface area contributed by atoms with Crippen LogP contribution in [0.4, 0.5) is 0 Å². The molecule has 1 heterocycles. The van der Waals surface area contributed by atoms with Gasteiger partial charge in [0, 0.05) is 5.92 Å². The lowest BCUT2D eigenvalue weighted by Gasteiger charge is -2.20. The van der Waals surface area contributed by atoms with Gasteiger partial charge in [0.25, 0.3) is 0 Å². The van der Waals surface area contributed by atoms with Crippen LogP contribution >= 0.6 is 0 Å². The molecule has 1 aromatic carbocycles. The molecular weight excluding hydrogens is 348 g/mol. The highest BCUT2D eigenvalue weighted by Gasteiger charge is 2.25. The standard InChI is InChI=1S/C21H26O6/c1-4-14-10-15-6-5-7-16(22)20(25)17(23)9-8-12(2)13(3)27-21(26)19(15)18(24)11-14/h5-6,8-13,16,20,22,24-25H,4,7H2,1-3H3/b6-5+,9-8-/t12-,13+,16+,20+/m1/s1. The molecule has 0 bridgehead atoms. The molecule has 0 unspecified atom stereocenters. The van der Waals surface area contributed by atoms with E-state index in [1.54, 1.807) is 32.1 Å². The van der Waals surface area contributed by atoms with Crippen molar-refractivity contribution in [2.75, 3.05) is 0 Å². The Balaban J connectivity index is 2.50. The fourth-order valence-corrected chi connectivity index (χ4v) is 2.76. The summed E-state index contributed by atoms with van der Waals surface area (Å²) >= 11 is 0. The van der Waals surface area contributed by atoms with Gasteiger partial charge in [-0.15, -0.1) is 0 Å². The van der Waals surface area contributed by atoms with Gasteiger partial charge in [-0.25, -0.2) is 4.79 Å². The number of phenolic OH excluding ortho intramolecular Hbond substituents is 1. The summed E-state index contributed by atoms with van der Waals surface area (Å²) in [6, 6.07) is 3.29. The fourth-order valence-electron chi connectivity index (χ4n) is 2.76. The monoisotopic (exact) mass is 374 g/mol. The Morgan fingerprint density at radius 3 is 2.52 bits per heavy atom. The summed E-state index contributed by atoms with van der Waals surface area (Å²) in [6.45, 7) is 5.37. The number of hydrogen-bond acceptors (Lipinski definition) is 6. The number of aromatic hydroxyl groups is 1. The molecule has 2 rings (SSSR count). The van der Waals surface area contributed by atoms with E-state index < -0.39 is 30.1 Å². The molecule has 27 heavy (non-hydrogen) atoms. The fraction of sp³-hybridized carbons (Fsp3) is 0.429. The highest BCUT2D eigenvalue weighted by Crippen LogP contribution is 2.28. The van der Waals surface area contributed by atoms with Gasteiger partial charge in [-0.05, 0) is 43.0 Å². The second kappa shape index (κ2) is 8.97. The Labute approximate surface area is 158 Å². The van der Waals surface area contributed by atoms with E-state index in [1.165, 1.54) is 18.2 Å². The second-order valence-corrected chi connectivity index (χ2v) is 6.81. The van der Waals surface area contributed by atoms with Crippen molar-refractivity contribution < 1.29 is 29.6 Å². The number of cyclic esters (lactones) is 1. The molecule has 0 radical (unpaired) electrons. The minimum absolute atomic E-state index is 0.0122. The second-order valence-electron chi connectivity index (χ2n) is 6.81. The number of aliphatic hydroxyl groups is 2. The number of hydrogen-bond donors (Lipinski definition) is 3. The molecule has 0 fully saturated rings. The van der Waals surface area contributed by atoms with Crippen LogP contribution in [0.5, 0.6) is 5.75 Å². The topological polar surface area (TPSA) is 104 Å². The van der Waals surface area contributed by atoms with Gasteiger partial charge in [-0.3, -0.25) is 4.79 Å². The minimum Gasteiger partial charge on any atom is -0.507 e. The molecule has 1 aliphatic rings. The average Bonchev–Trinajstić information content (AvgIpc) is 2.63. The van der Waals surface area contributed by atoms with Crippen molar-refractivity contribution in [3.8, 4) is 5.75 Å². The maximum atomic E-state index is 12.6.